The molecule has 2 nitrogen and oxygen atoms in total. The van der Waals surface area contributed by atoms with E-state index in [1.54, 1.807) is 6.92 Å². The fourth-order valence-electron chi connectivity index (χ4n) is 2.24. The predicted octanol–water partition coefficient (Wildman–Crippen LogP) is 5.10. The lowest BCUT2D eigenvalue weighted by Gasteiger charge is -2.14. The fourth-order valence-corrected chi connectivity index (χ4v) is 2.51. The zero-order valence-corrected chi connectivity index (χ0v) is 12.6. The highest BCUT2D eigenvalue weighted by Gasteiger charge is 2.34. The van der Waals surface area contributed by atoms with Crippen LogP contribution >= 0.6 is 11.6 Å². The Balaban J connectivity index is 2.57. The average Bonchev–Trinajstić information content (AvgIpc) is 2.41. The van der Waals surface area contributed by atoms with Crippen LogP contribution in [0.3, 0.4) is 0 Å². The Labute approximate surface area is 134 Å². The van der Waals surface area contributed by atoms with Crippen LogP contribution in [-0.4, -0.2) is 11.1 Å². The molecule has 0 heterocycles. The van der Waals surface area contributed by atoms with Crippen LogP contribution in [-0.2, 0) is 12.6 Å². The molecule has 0 aliphatic rings. The van der Waals surface area contributed by atoms with Crippen molar-refractivity contribution in [3.63, 3.8) is 0 Å². The Morgan fingerprint density at radius 2 is 1.83 bits per heavy atom. The number of carbonyl (C=O) groups is 1. The molecule has 2 aromatic carbocycles. The summed E-state index contributed by atoms with van der Waals surface area (Å²) in [5, 5.41) is 8.50. The molecule has 0 aliphatic carbocycles. The largest absolute Gasteiger partial charge is 0.478 e. The summed E-state index contributed by atoms with van der Waals surface area (Å²) >= 11 is 5.55. The van der Waals surface area contributed by atoms with E-state index in [1.165, 1.54) is 18.2 Å². The minimum absolute atomic E-state index is 0.0380. The van der Waals surface area contributed by atoms with Crippen LogP contribution in [0.25, 0.3) is 0 Å². The van der Waals surface area contributed by atoms with E-state index in [-0.39, 0.29) is 17.5 Å². The molecule has 0 saturated heterocycles. The molecule has 0 radical (unpaired) electrons. The maximum absolute atomic E-state index is 13.1. The van der Waals surface area contributed by atoms with Crippen LogP contribution in [0.1, 0.15) is 32.6 Å². The number of carboxylic acid groups (broad SMARTS) is 1. The van der Waals surface area contributed by atoms with Crippen molar-refractivity contribution in [3.05, 3.63) is 69.0 Å². The second kappa shape index (κ2) is 6.20. The van der Waals surface area contributed by atoms with Gasteiger partial charge in [0.15, 0.2) is 0 Å². The second-order valence-corrected chi connectivity index (χ2v) is 5.45. The van der Waals surface area contributed by atoms with Crippen molar-refractivity contribution in [3.8, 4) is 0 Å². The quantitative estimate of drug-likeness (QED) is 0.785. The third-order valence-electron chi connectivity index (χ3n) is 3.41. The lowest BCUT2D eigenvalue weighted by molar-refractivity contribution is -0.137. The number of alkyl halides is 3. The smallest absolute Gasteiger partial charge is 0.417 e. The highest BCUT2D eigenvalue weighted by molar-refractivity contribution is 6.31. The van der Waals surface area contributed by atoms with Gasteiger partial charge in [0, 0.05) is 0 Å². The average molecular weight is 347 g/mol. The van der Waals surface area contributed by atoms with Gasteiger partial charge in [0.05, 0.1) is 16.1 Å². The second-order valence-electron chi connectivity index (χ2n) is 5.04. The third kappa shape index (κ3) is 3.82. The van der Waals surface area contributed by atoms with Crippen molar-refractivity contribution in [2.75, 3.05) is 0 Å². The number of benzene rings is 2. The van der Waals surface area contributed by atoms with Crippen molar-refractivity contribution >= 4 is 17.6 Å². The molecule has 2 rings (SSSR count). The van der Waals surface area contributed by atoms with Crippen LogP contribution in [0.15, 0.2) is 30.3 Å². The fraction of sp³-hybridized carbons (Fsp3) is 0.188. The summed E-state index contributed by atoms with van der Waals surface area (Å²) in [7, 11) is 0. The third-order valence-corrected chi connectivity index (χ3v) is 3.73. The van der Waals surface area contributed by atoms with Crippen molar-refractivity contribution in [1.82, 2.24) is 0 Å². The number of rotatable bonds is 3. The normalized spacial score (nSPS) is 11.6. The van der Waals surface area contributed by atoms with E-state index >= 15 is 0 Å². The molecule has 122 valence electrons. The summed E-state index contributed by atoms with van der Waals surface area (Å²) in [5.74, 6) is -1.85. The van der Waals surface area contributed by atoms with Gasteiger partial charge in [-0.25, -0.2) is 9.18 Å². The standard InChI is InChI=1S/C16H11ClF4O2/c1-8-4-11(18)3-2-9(8)5-10-6-13(16(19,20)21)14(17)7-12(10)15(22)23/h2-4,6-7H,5H2,1H3,(H,22,23). The number of hydrogen-bond donors (Lipinski definition) is 1. The van der Waals surface area contributed by atoms with Crippen molar-refractivity contribution in [2.24, 2.45) is 0 Å². The summed E-state index contributed by atoms with van der Waals surface area (Å²) in [6.07, 6.45) is -4.77. The van der Waals surface area contributed by atoms with E-state index < -0.39 is 28.5 Å². The first kappa shape index (κ1) is 17.3. The molecule has 0 bridgehead atoms. The van der Waals surface area contributed by atoms with Gasteiger partial charge in [-0.3, -0.25) is 0 Å². The molecule has 0 aromatic heterocycles. The van der Waals surface area contributed by atoms with Crippen LogP contribution in [0, 0.1) is 12.7 Å². The minimum atomic E-state index is -4.69. The Kier molecular flexibility index (Phi) is 4.66. The molecule has 0 saturated carbocycles. The summed E-state index contributed by atoms with van der Waals surface area (Å²) in [4.78, 5) is 11.3. The SMILES string of the molecule is Cc1cc(F)ccc1Cc1cc(C(F)(F)F)c(Cl)cc1C(=O)O. The molecule has 7 heteroatoms. The molecule has 0 atom stereocenters. The molecule has 0 unspecified atom stereocenters. The van der Waals surface area contributed by atoms with Crippen molar-refractivity contribution < 1.29 is 27.5 Å². The number of aromatic carboxylic acids is 1. The molecule has 0 spiro atoms. The lowest BCUT2D eigenvalue weighted by atomic mass is 9.95. The first-order valence-corrected chi connectivity index (χ1v) is 6.85. The molecule has 1 N–H and O–H groups in total. The zero-order chi connectivity index (χ0) is 17.4. The highest BCUT2D eigenvalue weighted by atomic mass is 35.5. The topological polar surface area (TPSA) is 37.3 Å². The van der Waals surface area contributed by atoms with Crippen LogP contribution in [0.4, 0.5) is 17.6 Å². The monoisotopic (exact) mass is 346 g/mol. The van der Waals surface area contributed by atoms with E-state index in [0.717, 1.165) is 12.1 Å². The first-order chi connectivity index (χ1) is 10.6. The van der Waals surface area contributed by atoms with Gasteiger partial charge in [-0.15, -0.1) is 0 Å². The van der Waals surface area contributed by atoms with Crippen molar-refractivity contribution in [2.45, 2.75) is 19.5 Å². The molecule has 0 aliphatic heterocycles. The van der Waals surface area contributed by atoms with Crippen LogP contribution < -0.4 is 0 Å². The summed E-state index contributed by atoms with van der Waals surface area (Å²) in [6, 6.07) is 5.34. The van der Waals surface area contributed by atoms with Gasteiger partial charge in [0.1, 0.15) is 5.82 Å². The predicted molar refractivity (Wildman–Crippen MR) is 77.4 cm³/mol. The maximum Gasteiger partial charge on any atom is 0.417 e. The Morgan fingerprint density at radius 1 is 1.17 bits per heavy atom. The number of hydrogen-bond acceptors (Lipinski definition) is 1. The van der Waals surface area contributed by atoms with E-state index in [1.807, 2.05) is 0 Å². The Morgan fingerprint density at radius 3 is 2.35 bits per heavy atom. The summed E-state index contributed by atoms with van der Waals surface area (Å²) in [6.45, 7) is 1.60. The molecular weight excluding hydrogens is 336 g/mol. The van der Waals surface area contributed by atoms with Gasteiger partial charge >= 0.3 is 12.1 Å². The zero-order valence-electron chi connectivity index (χ0n) is 11.8. The number of carboxylic acids is 1. The Hall–Kier alpha value is -2.08. The number of aryl methyl sites for hydroxylation is 1. The molecule has 0 fully saturated rings. The van der Waals surface area contributed by atoms with Gasteiger partial charge in [0.2, 0.25) is 0 Å². The van der Waals surface area contributed by atoms with Crippen molar-refractivity contribution in [1.29, 1.82) is 0 Å². The van der Waals surface area contributed by atoms with E-state index in [2.05, 4.69) is 0 Å². The van der Waals surface area contributed by atoms with E-state index in [4.69, 9.17) is 11.6 Å². The van der Waals surface area contributed by atoms with Crippen LogP contribution in [0.2, 0.25) is 5.02 Å². The molecule has 23 heavy (non-hydrogen) atoms. The van der Waals surface area contributed by atoms with Gasteiger partial charge in [-0.1, -0.05) is 17.7 Å². The van der Waals surface area contributed by atoms with Gasteiger partial charge < -0.3 is 5.11 Å². The van der Waals surface area contributed by atoms with Gasteiger partial charge in [-0.05, 0) is 54.3 Å². The molecule has 0 amide bonds. The van der Waals surface area contributed by atoms with Gasteiger partial charge in [0.25, 0.3) is 0 Å². The minimum Gasteiger partial charge on any atom is -0.478 e. The van der Waals surface area contributed by atoms with Crippen LogP contribution in [0.5, 0.6) is 0 Å². The highest BCUT2D eigenvalue weighted by Crippen LogP contribution is 2.37. The first-order valence-electron chi connectivity index (χ1n) is 6.47. The number of halogens is 5. The molecular formula is C16H11ClF4O2. The lowest BCUT2D eigenvalue weighted by Crippen LogP contribution is -2.11. The summed E-state index contributed by atoms with van der Waals surface area (Å²) in [5.41, 5.74) is -0.399. The van der Waals surface area contributed by atoms with Gasteiger partial charge in [-0.2, -0.15) is 13.2 Å². The maximum atomic E-state index is 13.1. The summed E-state index contributed by atoms with van der Waals surface area (Å²) < 4.78 is 52.0. The van der Waals surface area contributed by atoms with E-state index in [9.17, 15) is 27.5 Å². The molecule has 2 aromatic rings. The van der Waals surface area contributed by atoms with E-state index in [0.29, 0.717) is 11.1 Å². The Bertz CT molecular complexity index is 769.